The van der Waals surface area contributed by atoms with Crippen LogP contribution in [0, 0.1) is 11.7 Å². The van der Waals surface area contributed by atoms with Crippen LogP contribution in [-0.2, 0) is 11.3 Å². The van der Waals surface area contributed by atoms with Gasteiger partial charge in [-0.05, 0) is 18.4 Å². The Morgan fingerprint density at radius 2 is 2.06 bits per heavy atom. The van der Waals surface area contributed by atoms with Crippen LogP contribution in [0.5, 0.6) is 0 Å². The quantitative estimate of drug-likeness (QED) is 0.843. The zero-order chi connectivity index (χ0) is 13.5. The first-order chi connectivity index (χ1) is 8.54. The normalized spacial score (nSPS) is 10.7. The topological polar surface area (TPSA) is 46.3 Å². The van der Waals surface area contributed by atoms with E-state index in [0.717, 1.165) is 6.42 Å². The Morgan fingerprint density at radius 1 is 1.39 bits per heavy atom. The summed E-state index contributed by atoms with van der Waals surface area (Å²) in [5, 5.41) is 0. The van der Waals surface area contributed by atoms with Crippen LogP contribution in [0.1, 0.15) is 25.8 Å². The molecule has 0 radical (unpaired) electrons. The minimum atomic E-state index is -0.281. The van der Waals surface area contributed by atoms with Gasteiger partial charge in [-0.3, -0.25) is 4.79 Å². The molecule has 1 aromatic rings. The smallest absolute Gasteiger partial charge is 0.236 e. The summed E-state index contributed by atoms with van der Waals surface area (Å²) in [7, 11) is 0. The summed E-state index contributed by atoms with van der Waals surface area (Å²) in [4.78, 5) is 13.3. The highest BCUT2D eigenvalue weighted by atomic mass is 19.1. The summed E-state index contributed by atoms with van der Waals surface area (Å²) in [5.41, 5.74) is 5.92. The summed E-state index contributed by atoms with van der Waals surface area (Å²) in [6.45, 7) is 5.05. The number of nitrogens with two attached hydrogens (primary N) is 1. The number of rotatable bonds is 6. The van der Waals surface area contributed by atoms with Crippen molar-refractivity contribution < 1.29 is 9.18 Å². The molecule has 3 nitrogen and oxygen atoms in total. The van der Waals surface area contributed by atoms with Gasteiger partial charge in [0.2, 0.25) is 5.91 Å². The van der Waals surface area contributed by atoms with Gasteiger partial charge in [0.1, 0.15) is 5.82 Å². The molecule has 0 atom stereocenters. The number of halogens is 1. The lowest BCUT2D eigenvalue weighted by Gasteiger charge is -2.23. The second-order valence-corrected chi connectivity index (χ2v) is 4.79. The van der Waals surface area contributed by atoms with Crippen molar-refractivity contribution in [3.63, 3.8) is 0 Å². The highest BCUT2D eigenvalue weighted by Crippen LogP contribution is 2.11. The number of carbonyl (C=O) groups excluding carboxylic acids is 1. The number of nitrogens with zero attached hydrogens (tertiary/aromatic N) is 1. The molecule has 0 aliphatic rings. The van der Waals surface area contributed by atoms with Gasteiger partial charge in [-0.15, -0.1) is 0 Å². The van der Waals surface area contributed by atoms with Gasteiger partial charge in [0, 0.05) is 18.7 Å². The molecule has 0 heterocycles. The van der Waals surface area contributed by atoms with Crippen molar-refractivity contribution in [2.24, 2.45) is 11.7 Å². The molecule has 0 aliphatic heterocycles. The van der Waals surface area contributed by atoms with E-state index >= 15 is 0 Å². The van der Waals surface area contributed by atoms with Gasteiger partial charge in [0.05, 0.1) is 6.54 Å². The van der Waals surface area contributed by atoms with Gasteiger partial charge in [-0.1, -0.05) is 32.0 Å². The van der Waals surface area contributed by atoms with Crippen molar-refractivity contribution in [1.82, 2.24) is 4.90 Å². The first-order valence-electron chi connectivity index (χ1n) is 6.25. The SMILES string of the molecule is CC(C)CCN(Cc1ccccc1F)C(=O)CN. The van der Waals surface area contributed by atoms with Gasteiger partial charge in [0.25, 0.3) is 0 Å². The van der Waals surface area contributed by atoms with Crippen LogP contribution in [-0.4, -0.2) is 23.9 Å². The predicted octanol–water partition coefficient (Wildman–Crippen LogP) is 2.16. The van der Waals surface area contributed by atoms with Crippen LogP contribution in [0.4, 0.5) is 4.39 Å². The molecular weight excluding hydrogens is 231 g/mol. The van der Waals surface area contributed by atoms with E-state index in [1.54, 1.807) is 23.1 Å². The lowest BCUT2D eigenvalue weighted by atomic mass is 10.1. The van der Waals surface area contributed by atoms with Crippen LogP contribution < -0.4 is 5.73 Å². The van der Waals surface area contributed by atoms with E-state index in [1.165, 1.54) is 6.07 Å². The zero-order valence-corrected chi connectivity index (χ0v) is 11.0. The largest absolute Gasteiger partial charge is 0.337 e. The Bertz CT molecular complexity index is 393. The predicted molar refractivity (Wildman–Crippen MR) is 70.3 cm³/mol. The lowest BCUT2D eigenvalue weighted by Crippen LogP contribution is -2.36. The van der Waals surface area contributed by atoms with Crippen molar-refractivity contribution in [3.05, 3.63) is 35.6 Å². The van der Waals surface area contributed by atoms with Gasteiger partial charge < -0.3 is 10.6 Å². The van der Waals surface area contributed by atoms with E-state index in [9.17, 15) is 9.18 Å². The molecule has 2 N–H and O–H groups in total. The summed E-state index contributed by atoms with van der Waals surface area (Å²) in [5.74, 6) is 0.0782. The molecule has 0 aliphatic carbocycles. The Hall–Kier alpha value is -1.42. The fourth-order valence-electron chi connectivity index (χ4n) is 1.67. The van der Waals surface area contributed by atoms with Crippen LogP contribution in [0.2, 0.25) is 0 Å². The molecule has 100 valence electrons. The van der Waals surface area contributed by atoms with E-state index in [0.29, 0.717) is 18.0 Å². The maximum absolute atomic E-state index is 13.5. The number of benzene rings is 1. The highest BCUT2D eigenvalue weighted by molar-refractivity contribution is 5.78. The third-order valence-electron chi connectivity index (χ3n) is 2.82. The Morgan fingerprint density at radius 3 is 2.61 bits per heavy atom. The molecule has 18 heavy (non-hydrogen) atoms. The minimum absolute atomic E-state index is 0.0352. The average molecular weight is 252 g/mol. The maximum atomic E-state index is 13.5. The number of hydrogen-bond donors (Lipinski definition) is 1. The molecule has 0 aromatic heterocycles. The van der Waals surface area contributed by atoms with Crippen molar-refractivity contribution >= 4 is 5.91 Å². The van der Waals surface area contributed by atoms with Gasteiger partial charge in [0.15, 0.2) is 0 Å². The average Bonchev–Trinajstić information content (AvgIpc) is 2.35. The first-order valence-corrected chi connectivity index (χ1v) is 6.25. The Kier molecular flexibility index (Phi) is 5.78. The van der Waals surface area contributed by atoms with Crippen LogP contribution in [0.15, 0.2) is 24.3 Å². The molecular formula is C14H21FN2O. The van der Waals surface area contributed by atoms with Gasteiger partial charge in [-0.2, -0.15) is 0 Å². The molecule has 0 bridgehead atoms. The molecule has 1 amide bonds. The number of hydrogen-bond acceptors (Lipinski definition) is 2. The molecule has 0 saturated carbocycles. The summed E-state index contributed by atoms with van der Waals surface area (Å²) in [6, 6.07) is 6.51. The molecule has 1 rings (SSSR count). The molecule has 0 saturated heterocycles. The minimum Gasteiger partial charge on any atom is -0.337 e. The first kappa shape index (κ1) is 14.6. The molecule has 4 heteroatoms. The van der Waals surface area contributed by atoms with Crippen LogP contribution in [0.25, 0.3) is 0 Å². The summed E-state index contributed by atoms with van der Waals surface area (Å²) < 4.78 is 13.5. The third kappa shape index (κ3) is 4.45. The van der Waals surface area contributed by atoms with Crippen LogP contribution >= 0.6 is 0 Å². The van der Waals surface area contributed by atoms with E-state index in [2.05, 4.69) is 13.8 Å². The van der Waals surface area contributed by atoms with Gasteiger partial charge in [-0.25, -0.2) is 4.39 Å². The number of carbonyl (C=O) groups is 1. The monoisotopic (exact) mass is 252 g/mol. The summed E-state index contributed by atoms with van der Waals surface area (Å²) >= 11 is 0. The fraction of sp³-hybridized carbons (Fsp3) is 0.500. The van der Waals surface area contributed by atoms with Crippen molar-refractivity contribution in [3.8, 4) is 0 Å². The van der Waals surface area contributed by atoms with Crippen molar-refractivity contribution in [2.45, 2.75) is 26.8 Å². The third-order valence-corrected chi connectivity index (χ3v) is 2.82. The second kappa shape index (κ2) is 7.11. The van der Waals surface area contributed by atoms with E-state index in [4.69, 9.17) is 5.73 Å². The fourth-order valence-corrected chi connectivity index (χ4v) is 1.67. The van der Waals surface area contributed by atoms with E-state index in [1.807, 2.05) is 0 Å². The standard InChI is InChI=1S/C14H21FN2O/c1-11(2)7-8-17(14(18)9-16)10-12-5-3-4-6-13(12)15/h3-6,11H,7-10,16H2,1-2H3. The zero-order valence-electron chi connectivity index (χ0n) is 11.0. The molecule has 0 spiro atoms. The van der Waals surface area contributed by atoms with E-state index < -0.39 is 0 Å². The maximum Gasteiger partial charge on any atom is 0.236 e. The molecule has 0 fully saturated rings. The summed E-state index contributed by atoms with van der Waals surface area (Å²) in [6.07, 6.45) is 0.889. The number of amides is 1. The second-order valence-electron chi connectivity index (χ2n) is 4.79. The van der Waals surface area contributed by atoms with Crippen molar-refractivity contribution in [2.75, 3.05) is 13.1 Å². The highest BCUT2D eigenvalue weighted by Gasteiger charge is 2.14. The Balaban J connectivity index is 2.72. The lowest BCUT2D eigenvalue weighted by molar-refractivity contribution is -0.130. The Labute approximate surface area is 108 Å². The van der Waals surface area contributed by atoms with Gasteiger partial charge >= 0.3 is 0 Å². The molecule has 1 aromatic carbocycles. The van der Waals surface area contributed by atoms with E-state index in [-0.39, 0.29) is 24.8 Å². The van der Waals surface area contributed by atoms with Crippen LogP contribution in [0.3, 0.4) is 0 Å². The van der Waals surface area contributed by atoms with Crippen molar-refractivity contribution in [1.29, 1.82) is 0 Å². The molecule has 0 unspecified atom stereocenters.